The maximum atomic E-state index is 12.6. The van der Waals surface area contributed by atoms with Crippen molar-refractivity contribution in [1.82, 2.24) is 14.9 Å². The van der Waals surface area contributed by atoms with E-state index in [1.165, 1.54) is 11.9 Å². The minimum Gasteiger partial charge on any atom is -0.389 e. The number of benzene rings is 1. The van der Waals surface area contributed by atoms with Crippen LogP contribution < -0.4 is 0 Å². The van der Waals surface area contributed by atoms with Crippen molar-refractivity contribution in [2.45, 2.75) is 44.1 Å². The van der Waals surface area contributed by atoms with Crippen molar-refractivity contribution in [2.24, 2.45) is 0 Å². The zero-order valence-electron chi connectivity index (χ0n) is 14.6. The molecule has 5 nitrogen and oxygen atoms in total. The lowest BCUT2D eigenvalue weighted by atomic mass is 9.86. The van der Waals surface area contributed by atoms with Crippen LogP contribution in [0.1, 0.15) is 43.4 Å². The number of aliphatic hydroxyl groups is 1. The summed E-state index contributed by atoms with van der Waals surface area (Å²) in [5.41, 5.74) is 1.25. The van der Waals surface area contributed by atoms with Gasteiger partial charge in [0.05, 0.1) is 5.60 Å². The van der Waals surface area contributed by atoms with E-state index in [0.29, 0.717) is 38.8 Å². The lowest BCUT2D eigenvalue weighted by Gasteiger charge is -2.38. The van der Waals surface area contributed by atoms with Crippen LogP contribution in [0.4, 0.5) is 0 Å². The number of carbonyl (C=O) groups is 1. The molecule has 1 aliphatic heterocycles. The van der Waals surface area contributed by atoms with E-state index in [4.69, 9.17) is 0 Å². The molecule has 0 saturated carbocycles. The van der Waals surface area contributed by atoms with Gasteiger partial charge in [-0.2, -0.15) is 0 Å². The average Bonchev–Trinajstić information content (AvgIpc) is 2.63. The Labute approximate surface area is 148 Å². The van der Waals surface area contributed by atoms with Gasteiger partial charge in [0.1, 0.15) is 6.33 Å². The van der Waals surface area contributed by atoms with Crippen LogP contribution in [0.15, 0.2) is 48.9 Å². The molecule has 0 spiro atoms. The Balaban J connectivity index is 1.52. The van der Waals surface area contributed by atoms with Crippen molar-refractivity contribution < 1.29 is 9.90 Å². The van der Waals surface area contributed by atoms with Gasteiger partial charge in [-0.3, -0.25) is 4.79 Å². The van der Waals surface area contributed by atoms with E-state index in [0.717, 1.165) is 5.69 Å². The predicted octanol–water partition coefficient (Wildman–Crippen LogP) is 2.57. The highest BCUT2D eigenvalue weighted by Gasteiger charge is 2.34. The molecule has 1 N–H and O–H groups in total. The second-order valence-electron chi connectivity index (χ2n) is 7.00. The van der Waals surface area contributed by atoms with Crippen LogP contribution in [0, 0.1) is 0 Å². The standard InChI is InChI=1S/C20H25N3O2/c1-16(17-5-3-2-4-6-17)13-19(24)23-11-8-20(25,9-12-23)14-18-7-10-21-15-22-18/h2-7,10,15-16,25H,8-9,11-14H2,1H3. The fourth-order valence-corrected chi connectivity index (χ4v) is 3.40. The number of amides is 1. The molecule has 1 aromatic carbocycles. The van der Waals surface area contributed by atoms with E-state index in [1.54, 1.807) is 6.20 Å². The first-order valence-corrected chi connectivity index (χ1v) is 8.86. The minimum absolute atomic E-state index is 0.167. The van der Waals surface area contributed by atoms with Gasteiger partial charge in [0.25, 0.3) is 0 Å². The highest BCUT2D eigenvalue weighted by molar-refractivity contribution is 5.77. The van der Waals surface area contributed by atoms with Gasteiger partial charge >= 0.3 is 0 Å². The number of hydrogen-bond donors (Lipinski definition) is 1. The molecule has 2 aromatic rings. The van der Waals surface area contributed by atoms with Crippen molar-refractivity contribution in [3.05, 3.63) is 60.2 Å². The maximum absolute atomic E-state index is 12.6. The number of piperidine rings is 1. The number of likely N-dealkylation sites (tertiary alicyclic amines) is 1. The molecule has 2 heterocycles. The molecule has 3 rings (SSSR count). The minimum atomic E-state index is -0.782. The van der Waals surface area contributed by atoms with Gasteiger partial charge in [0.15, 0.2) is 0 Å². The van der Waals surface area contributed by atoms with Gasteiger partial charge in [-0.1, -0.05) is 37.3 Å². The summed E-state index contributed by atoms with van der Waals surface area (Å²) in [4.78, 5) is 22.6. The largest absolute Gasteiger partial charge is 0.389 e. The lowest BCUT2D eigenvalue weighted by Crippen LogP contribution is -2.48. The number of carbonyl (C=O) groups excluding carboxylic acids is 1. The van der Waals surface area contributed by atoms with Crippen LogP contribution in [0.3, 0.4) is 0 Å². The van der Waals surface area contributed by atoms with Crippen molar-refractivity contribution in [2.75, 3.05) is 13.1 Å². The second-order valence-corrected chi connectivity index (χ2v) is 7.00. The first-order chi connectivity index (χ1) is 12.1. The van der Waals surface area contributed by atoms with Gasteiger partial charge in [0.2, 0.25) is 5.91 Å². The summed E-state index contributed by atoms with van der Waals surface area (Å²) in [6.07, 6.45) is 5.38. The molecule has 0 radical (unpaired) electrons. The summed E-state index contributed by atoms with van der Waals surface area (Å²) >= 11 is 0. The summed E-state index contributed by atoms with van der Waals surface area (Å²) in [6, 6.07) is 12.0. The summed E-state index contributed by atoms with van der Waals surface area (Å²) in [6.45, 7) is 3.28. The fraction of sp³-hybridized carbons (Fsp3) is 0.450. The van der Waals surface area contributed by atoms with E-state index in [2.05, 4.69) is 29.0 Å². The van der Waals surface area contributed by atoms with E-state index >= 15 is 0 Å². The SMILES string of the molecule is CC(CC(=O)N1CCC(O)(Cc2ccncn2)CC1)c1ccccc1. The Bertz CT molecular complexity index is 683. The Morgan fingerprint density at radius 3 is 2.60 bits per heavy atom. The Morgan fingerprint density at radius 2 is 1.96 bits per heavy atom. The molecule has 1 atom stereocenters. The highest BCUT2D eigenvalue weighted by atomic mass is 16.3. The molecule has 132 valence electrons. The Kier molecular flexibility index (Phi) is 5.43. The maximum Gasteiger partial charge on any atom is 0.223 e. The van der Waals surface area contributed by atoms with Crippen LogP contribution in [-0.2, 0) is 11.2 Å². The van der Waals surface area contributed by atoms with Gasteiger partial charge in [-0.05, 0) is 30.4 Å². The number of aromatic nitrogens is 2. The number of rotatable bonds is 5. The summed E-state index contributed by atoms with van der Waals surface area (Å²) in [5, 5.41) is 10.8. The Morgan fingerprint density at radius 1 is 1.24 bits per heavy atom. The van der Waals surface area contributed by atoms with E-state index in [9.17, 15) is 9.90 Å². The van der Waals surface area contributed by atoms with Gasteiger partial charge in [-0.15, -0.1) is 0 Å². The third-order valence-electron chi connectivity index (χ3n) is 5.05. The fourth-order valence-electron chi connectivity index (χ4n) is 3.40. The van der Waals surface area contributed by atoms with Crippen LogP contribution in [-0.4, -0.2) is 44.6 Å². The van der Waals surface area contributed by atoms with E-state index in [1.807, 2.05) is 29.2 Å². The normalized spacial score (nSPS) is 17.9. The van der Waals surface area contributed by atoms with E-state index < -0.39 is 5.60 Å². The molecule has 0 aliphatic carbocycles. The zero-order chi connectivity index (χ0) is 17.7. The number of nitrogens with zero attached hydrogens (tertiary/aromatic N) is 3. The first-order valence-electron chi connectivity index (χ1n) is 8.86. The third kappa shape index (κ3) is 4.63. The molecule has 5 heteroatoms. The molecule has 25 heavy (non-hydrogen) atoms. The molecule has 0 bridgehead atoms. The summed E-state index contributed by atoms with van der Waals surface area (Å²) in [7, 11) is 0. The molecule has 1 unspecified atom stereocenters. The van der Waals surface area contributed by atoms with Crippen molar-refractivity contribution in [3.8, 4) is 0 Å². The summed E-state index contributed by atoms with van der Waals surface area (Å²) in [5.74, 6) is 0.371. The second kappa shape index (κ2) is 7.74. The zero-order valence-corrected chi connectivity index (χ0v) is 14.6. The van der Waals surface area contributed by atoms with Crippen LogP contribution in [0.5, 0.6) is 0 Å². The molecule has 1 amide bonds. The van der Waals surface area contributed by atoms with Crippen molar-refractivity contribution >= 4 is 5.91 Å². The molecule has 1 aliphatic rings. The van der Waals surface area contributed by atoms with Gasteiger partial charge in [-0.25, -0.2) is 9.97 Å². The molecular formula is C20H25N3O2. The van der Waals surface area contributed by atoms with Gasteiger partial charge in [0, 0.05) is 37.8 Å². The predicted molar refractivity (Wildman–Crippen MR) is 96.0 cm³/mol. The average molecular weight is 339 g/mol. The Hall–Kier alpha value is -2.27. The highest BCUT2D eigenvalue weighted by Crippen LogP contribution is 2.27. The summed E-state index contributed by atoms with van der Waals surface area (Å²) < 4.78 is 0. The van der Waals surface area contributed by atoms with E-state index in [-0.39, 0.29) is 11.8 Å². The topological polar surface area (TPSA) is 66.3 Å². The molecule has 1 fully saturated rings. The molecule has 1 aromatic heterocycles. The third-order valence-corrected chi connectivity index (χ3v) is 5.05. The van der Waals surface area contributed by atoms with Crippen LogP contribution >= 0.6 is 0 Å². The van der Waals surface area contributed by atoms with Gasteiger partial charge < -0.3 is 10.0 Å². The van der Waals surface area contributed by atoms with Crippen LogP contribution in [0.2, 0.25) is 0 Å². The smallest absolute Gasteiger partial charge is 0.223 e. The van der Waals surface area contributed by atoms with Crippen molar-refractivity contribution in [3.63, 3.8) is 0 Å². The lowest BCUT2D eigenvalue weighted by molar-refractivity contribution is -0.135. The monoisotopic (exact) mass is 339 g/mol. The quantitative estimate of drug-likeness (QED) is 0.909. The molecular weight excluding hydrogens is 314 g/mol. The van der Waals surface area contributed by atoms with Crippen LogP contribution in [0.25, 0.3) is 0 Å². The first kappa shape index (κ1) is 17.5. The molecule has 1 saturated heterocycles. The number of hydrogen-bond acceptors (Lipinski definition) is 4. The van der Waals surface area contributed by atoms with Crippen molar-refractivity contribution in [1.29, 1.82) is 0 Å².